The second-order valence-electron chi connectivity index (χ2n) is 5.61. The maximum absolute atomic E-state index is 12.0. The SMILES string of the molecule is NC(=O)[C@]1(O)CCCN(CC(=O)NCc2ccc(Cl)cc2)C1. The van der Waals surface area contributed by atoms with Gasteiger partial charge in [0.1, 0.15) is 0 Å². The number of β-amino-alcohol motifs (C(OH)–C–C–N with tert-alkyl or cyclic N) is 1. The van der Waals surface area contributed by atoms with Gasteiger partial charge in [-0.2, -0.15) is 0 Å². The molecule has 1 heterocycles. The molecule has 1 atom stereocenters. The van der Waals surface area contributed by atoms with Crippen LogP contribution < -0.4 is 11.1 Å². The van der Waals surface area contributed by atoms with Gasteiger partial charge in [-0.25, -0.2) is 0 Å². The molecule has 2 amide bonds. The molecule has 120 valence electrons. The highest BCUT2D eigenvalue weighted by atomic mass is 35.5. The Morgan fingerprint density at radius 3 is 2.68 bits per heavy atom. The third-order valence-electron chi connectivity index (χ3n) is 3.78. The number of benzene rings is 1. The molecule has 0 spiro atoms. The van der Waals surface area contributed by atoms with Gasteiger partial charge < -0.3 is 16.2 Å². The summed E-state index contributed by atoms with van der Waals surface area (Å²) >= 11 is 5.80. The van der Waals surface area contributed by atoms with E-state index in [9.17, 15) is 14.7 Å². The second kappa shape index (κ2) is 7.09. The molecule has 1 aromatic rings. The van der Waals surface area contributed by atoms with Gasteiger partial charge in [-0.15, -0.1) is 0 Å². The van der Waals surface area contributed by atoms with Crippen LogP contribution in [0.2, 0.25) is 5.02 Å². The van der Waals surface area contributed by atoms with E-state index in [4.69, 9.17) is 17.3 Å². The molecule has 0 saturated carbocycles. The van der Waals surface area contributed by atoms with Crippen LogP contribution >= 0.6 is 11.6 Å². The zero-order chi connectivity index (χ0) is 16.2. The Labute approximate surface area is 134 Å². The fourth-order valence-corrected chi connectivity index (χ4v) is 2.65. The summed E-state index contributed by atoms with van der Waals surface area (Å²) in [6.45, 7) is 1.29. The van der Waals surface area contributed by atoms with Crippen molar-refractivity contribution in [2.75, 3.05) is 19.6 Å². The van der Waals surface area contributed by atoms with Crippen molar-refractivity contribution < 1.29 is 14.7 Å². The first-order chi connectivity index (χ1) is 10.4. The van der Waals surface area contributed by atoms with E-state index in [0.717, 1.165) is 5.56 Å². The molecule has 0 bridgehead atoms. The van der Waals surface area contributed by atoms with Crippen molar-refractivity contribution in [1.82, 2.24) is 10.2 Å². The Bertz CT molecular complexity index is 549. The van der Waals surface area contributed by atoms with E-state index in [2.05, 4.69) is 5.32 Å². The van der Waals surface area contributed by atoms with E-state index < -0.39 is 11.5 Å². The minimum Gasteiger partial charge on any atom is -0.379 e. The number of likely N-dealkylation sites (tertiary alicyclic amines) is 1. The normalized spacial score (nSPS) is 22.3. The number of primary amides is 1. The summed E-state index contributed by atoms with van der Waals surface area (Å²) in [4.78, 5) is 25.0. The van der Waals surface area contributed by atoms with E-state index >= 15 is 0 Å². The van der Waals surface area contributed by atoms with Crippen molar-refractivity contribution in [1.29, 1.82) is 0 Å². The smallest absolute Gasteiger partial charge is 0.250 e. The number of carbonyl (C=O) groups excluding carboxylic acids is 2. The van der Waals surface area contributed by atoms with Gasteiger partial charge in [0.25, 0.3) is 5.91 Å². The van der Waals surface area contributed by atoms with Gasteiger partial charge in [-0.1, -0.05) is 23.7 Å². The van der Waals surface area contributed by atoms with E-state index in [1.54, 1.807) is 17.0 Å². The van der Waals surface area contributed by atoms with Gasteiger partial charge in [-0.05, 0) is 37.1 Å². The topological polar surface area (TPSA) is 95.7 Å². The first-order valence-corrected chi connectivity index (χ1v) is 7.53. The zero-order valence-corrected chi connectivity index (χ0v) is 13.0. The molecule has 22 heavy (non-hydrogen) atoms. The van der Waals surface area contributed by atoms with Crippen LogP contribution in [-0.2, 0) is 16.1 Å². The molecule has 1 aliphatic rings. The van der Waals surface area contributed by atoms with Crippen molar-refractivity contribution in [3.05, 3.63) is 34.9 Å². The van der Waals surface area contributed by atoms with Crippen molar-refractivity contribution in [2.45, 2.75) is 25.0 Å². The van der Waals surface area contributed by atoms with Crippen LogP contribution in [0.4, 0.5) is 0 Å². The lowest BCUT2D eigenvalue weighted by molar-refractivity contribution is -0.143. The number of aliphatic hydroxyl groups is 1. The summed E-state index contributed by atoms with van der Waals surface area (Å²) in [6.07, 6.45) is 0.967. The van der Waals surface area contributed by atoms with Gasteiger partial charge in [0.05, 0.1) is 6.54 Å². The molecule has 1 aromatic carbocycles. The fourth-order valence-electron chi connectivity index (χ4n) is 2.52. The van der Waals surface area contributed by atoms with Gasteiger partial charge >= 0.3 is 0 Å². The van der Waals surface area contributed by atoms with Crippen LogP contribution in [0, 0.1) is 0 Å². The number of hydrogen-bond donors (Lipinski definition) is 3. The molecule has 6 nitrogen and oxygen atoms in total. The Morgan fingerprint density at radius 2 is 2.05 bits per heavy atom. The standard InChI is InChI=1S/C15H20ClN3O3/c16-12-4-2-11(3-5-12)8-18-13(20)9-19-7-1-6-15(22,10-19)14(17)21/h2-5,22H,1,6-10H2,(H2,17,21)(H,18,20)/t15-/m0/s1. The lowest BCUT2D eigenvalue weighted by Gasteiger charge is -2.36. The van der Waals surface area contributed by atoms with Crippen molar-refractivity contribution >= 4 is 23.4 Å². The van der Waals surface area contributed by atoms with Gasteiger partial charge in [0.2, 0.25) is 5.91 Å². The quantitative estimate of drug-likeness (QED) is 0.724. The highest BCUT2D eigenvalue weighted by molar-refractivity contribution is 6.30. The Morgan fingerprint density at radius 1 is 1.36 bits per heavy atom. The molecule has 0 radical (unpaired) electrons. The van der Waals surface area contributed by atoms with Crippen LogP contribution in [0.3, 0.4) is 0 Å². The van der Waals surface area contributed by atoms with Crippen molar-refractivity contribution in [2.24, 2.45) is 5.73 Å². The zero-order valence-electron chi connectivity index (χ0n) is 12.2. The molecule has 1 aliphatic heterocycles. The summed E-state index contributed by atoms with van der Waals surface area (Å²) in [5.41, 5.74) is 4.63. The lowest BCUT2D eigenvalue weighted by Crippen LogP contribution is -2.57. The summed E-state index contributed by atoms with van der Waals surface area (Å²) in [5.74, 6) is -0.901. The van der Waals surface area contributed by atoms with Crippen LogP contribution in [-0.4, -0.2) is 47.1 Å². The number of nitrogens with two attached hydrogens (primary N) is 1. The van der Waals surface area contributed by atoms with Crippen LogP contribution in [0.25, 0.3) is 0 Å². The number of nitrogens with one attached hydrogen (secondary N) is 1. The number of amides is 2. The number of carbonyl (C=O) groups is 2. The molecule has 0 aromatic heterocycles. The van der Waals surface area contributed by atoms with Gasteiger partial charge in [-0.3, -0.25) is 14.5 Å². The summed E-state index contributed by atoms with van der Waals surface area (Å²) in [6, 6.07) is 7.21. The van der Waals surface area contributed by atoms with Crippen LogP contribution in [0.15, 0.2) is 24.3 Å². The summed E-state index contributed by atoms with van der Waals surface area (Å²) < 4.78 is 0. The molecule has 2 rings (SSSR count). The highest BCUT2D eigenvalue weighted by Crippen LogP contribution is 2.20. The second-order valence-corrected chi connectivity index (χ2v) is 6.05. The Balaban J connectivity index is 1.81. The maximum Gasteiger partial charge on any atom is 0.250 e. The Hall–Kier alpha value is -1.63. The number of hydrogen-bond acceptors (Lipinski definition) is 4. The van der Waals surface area contributed by atoms with Crippen LogP contribution in [0.5, 0.6) is 0 Å². The highest BCUT2D eigenvalue weighted by Gasteiger charge is 2.38. The molecule has 1 fully saturated rings. The first kappa shape index (κ1) is 16.7. The number of rotatable bonds is 5. The number of nitrogens with zero attached hydrogens (tertiary/aromatic N) is 1. The largest absolute Gasteiger partial charge is 0.379 e. The number of piperidine rings is 1. The maximum atomic E-state index is 12.0. The van der Waals surface area contributed by atoms with Crippen molar-refractivity contribution in [3.63, 3.8) is 0 Å². The molecule has 0 aliphatic carbocycles. The third-order valence-corrected chi connectivity index (χ3v) is 4.03. The minimum atomic E-state index is -1.53. The van der Waals surface area contributed by atoms with E-state index in [1.807, 2.05) is 12.1 Å². The van der Waals surface area contributed by atoms with Crippen molar-refractivity contribution in [3.8, 4) is 0 Å². The van der Waals surface area contributed by atoms with Gasteiger partial charge in [0.15, 0.2) is 5.60 Å². The van der Waals surface area contributed by atoms with Gasteiger partial charge in [0, 0.05) is 18.1 Å². The monoisotopic (exact) mass is 325 g/mol. The molecule has 0 unspecified atom stereocenters. The van der Waals surface area contributed by atoms with E-state index in [-0.39, 0.29) is 19.0 Å². The lowest BCUT2D eigenvalue weighted by atomic mass is 9.92. The fraction of sp³-hybridized carbons (Fsp3) is 0.467. The van der Waals surface area contributed by atoms with E-state index in [1.165, 1.54) is 0 Å². The Kier molecular flexibility index (Phi) is 5.39. The number of halogens is 1. The molecular formula is C15H20ClN3O3. The predicted molar refractivity (Wildman–Crippen MR) is 83.1 cm³/mol. The molecular weight excluding hydrogens is 306 g/mol. The third kappa shape index (κ3) is 4.43. The summed E-state index contributed by atoms with van der Waals surface area (Å²) in [5, 5.41) is 13.6. The average Bonchev–Trinajstić information content (AvgIpc) is 2.46. The molecule has 1 saturated heterocycles. The molecule has 7 heteroatoms. The predicted octanol–water partition coefficient (Wildman–Crippen LogP) is 0.268. The summed E-state index contributed by atoms with van der Waals surface area (Å²) in [7, 11) is 0. The first-order valence-electron chi connectivity index (χ1n) is 7.15. The minimum absolute atomic E-state index is 0.0939. The van der Waals surface area contributed by atoms with E-state index in [0.29, 0.717) is 31.0 Å². The average molecular weight is 326 g/mol. The van der Waals surface area contributed by atoms with Crippen LogP contribution in [0.1, 0.15) is 18.4 Å². The molecule has 4 N–H and O–H groups in total.